The molecule has 35 heavy (non-hydrogen) atoms. The number of ether oxygens (including phenoxy) is 3. The molecule has 2 aromatic rings. The Morgan fingerprint density at radius 3 is 2.46 bits per heavy atom. The maximum Gasteiger partial charge on any atom is 0.170 e. The smallest absolute Gasteiger partial charge is 0.170 e. The first-order chi connectivity index (χ1) is 16.3. The quantitative estimate of drug-likeness (QED) is 0.558. The van der Waals surface area contributed by atoms with Crippen molar-refractivity contribution >= 4 is 5.78 Å². The average molecular weight is 479 g/mol. The van der Waals surface area contributed by atoms with Gasteiger partial charge in [0.2, 0.25) is 0 Å². The molecule has 3 aliphatic rings. The minimum atomic E-state index is -0.768. The van der Waals surface area contributed by atoms with Crippen molar-refractivity contribution in [1.82, 2.24) is 0 Å². The number of carbonyl (C=O) groups excluding carboxylic acids is 1. The highest BCUT2D eigenvalue weighted by atomic mass is 16.5. The molecule has 188 valence electrons. The van der Waals surface area contributed by atoms with Gasteiger partial charge in [0.25, 0.3) is 0 Å². The Morgan fingerprint density at radius 1 is 1.00 bits per heavy atom. The molecular weight excluding hydrogens is 440 g/mol. The summed E-state index contributed by atoms with van der Waals surface area (Å²) >= 11 is 0. The van der Waals surface area contributed by atoms with E-state index < -0.39 is 5.60 Å². The van der Waals surface area contributed by atoms with Crippen LogP contribution in [0.2, 0.25) is 0 Å². The second-order valence-electron chi connectivity index (χ2n) is 12.4. The number of hydrogen-bond acceptors (Lipinski definition) is 5. The van der Waals surface area contributed by atoms with Crippen molar-refractivity contribution in [3.63, 3.8) is 0 Å². The lowest BCUT2D eigenvalue weighted by molar-refractivity contribution is 0.0683. The van der Waals surface area contributed by atoms with E-state index in [9.17, 15) is 9.90 Å². The van der Waals surface area contributed by atoms with E-state index in [-0.39, 0.29) is 23.1 Å². The molecule has 0 amide bonds. The fourth-order valence-corrected chi connectivity index (χ4v) is 5.39. The van der Waals surface area contributed by atoms with Crippen molar-refractivity contribution in [3.8, 4) is 17.2 Å². The lowest BCUT2D eigenvalue weighted by Crippen LogP contribution is -2.34. The highest BCUT2D eigenvalue weighted by Crippen LogP contribution is 2.46. The Labute approximate surface area is 208 Å². The van der Waals surface area contributed by atoms with Gasteiger partial charge in [-0.25, -0.2) is 0 Å². The molecule has 3 heterocycles. The van der Waals surface area contributed by atoms with E-state index in [1.807, 2.05) is 26.0 Å². The van der Waals surface area contributed by atoms with Crippen LogP contribution in [-0.4, -0.2) is 27.7 Å². The second kappa shape index (κ2) is 8.26. The molecule has 0 fully saturated rings. The summed E-state index contributed by atoms with van der Waals surface area (Å²) in [6.07, 6.45) is 4.85. The van der Waals surface area contributed by atoms with Gasteiger partial charge in [-0.2, -0.15) is 0 Å². The third kappa shape index (κ3) is 4.93. The Morgan fingerprint density at radius 2 is 1.71 bits per heavy atom. The van der Waals surface area contributed by atoms with Crippen molar-refractivity contribution < 1.29 is 24.1 Å². The van der Waals surface area contributed by atoms with Gasteiger partial charge in [-0.05, 0) is 121 Å². The Kier molecular flexibility index (Phi) is 5.71. The lowest BCUT2D eigenvalue weighted by atomic mass is 9.86. The number of carbonyl (C=O) groups is 1. The van der Waals surface area contributed by atoms with E-state index in [1.165, 1.54) is 0 Å². The summed E-state index contributed by atoms with van der Waals surface area (Å²) in [5, 5.41) is 10.4. The fraction of sp³-hybridized carbons (Fsp3) is 0.567. The predicted molar refractivity (Wildman–Crippen MR) is 136 cm³/mol. The monoisotopic (exact) mass is 478 g/mol. The number of aryl methyl sites for hydroxylation is 2. The SMILES string of the molecule is CC(C)(O)CCc1cc([C@@H]2CC(=O)c3ccc4c(c3O2)CCC(C)(C)O4)cc2c1OC(C)(C)CC2. The van der Waals surface area contributed by atoms with E-state index in [1.54, 1.807) is 0 Å². The van der Waals surface area contributed by atoms with Gasteiger partial charge in [0.15, 0.2) is 5.78 Å². The summed E-state index contributed by atoms with van der Waals surface area (Å²) in [5.41, 5.74) is 3.70. The summed E-state index contributed by atoms with van der Waals surface area (Å²) in [7, 11) is 0. The number of ketones is 1. The van der Waals surface area contributed by atoms with Crippen LogP contribution in [0, 0.1) is 0 Å². The second-order valence-corrected chi connectivity index (χ2v) is 12.4. The van der Waals surface area contributed by atoms with Crippen LogP contribution in [-0.2, 0) is 19.3 Å². The van der Waals surface area contributed by atoms with Crippen LogP contribution < -0.4 is 14.2 Å². The van der Waals surface area contributed by atoms with Gasteiger partial charge in [-0.3, -0.25) is 4.79 Å². The molecule has 5 rings (SSSR count). The van der Waals surface area contributed by atoms with Crippen molar-refractivity contribution in [3.05, 3.63) is 52.1 Å². The zero-order chi connectivity index (χ0) is 25.2. The summed E-state index contributed by atoms with van der Waals surface area (Å²) in [4.78, 5) is 13.2. The van der Waals surface area contributed by atoms with Crippen LogP contribution in [0.3, 0.4) is 0 Å². The minimum absolute atomic E-state index is 0.108. The van der Waals surface area contributed by atoms with Crippen LogP contribution in [0.5, 0.6) is 17.2 Å². The molecule has 1 atom stereocenters. The molecule has 0 spiro atoms. The molecule has 3 aliphatic heterocycles. The van der Waals surface area contributed by atoms with Gasteiger partial charge < -0.3 is 19.3 Å². The van der Waals surface area contributed by atoms with Gasteiger partial charge in [-0.1, -0.05) is 0 Å². The third-order valence-electron chi connectivity index (χ3n) is 7.53. The minimum Gasteiger partial charge on any atom is -0.487 e. The zero-order valence-electron chi connectivity index (χ0n) is 21.9. The normalized spacial score (nSPS) is 22.1. The van der Waals surface area contributed by atoms with Gasteiger partial charge >= 0.3 is 0 Å². The average Bonchev–Trinajstić information content (AvgIpc) is 2.75. The maximum absolute atomic E-state index is 13.2. The van der Waals surface area contributed by atoms with E-state index in [0.717, 1.165) is 59.4 Å². The van der Waals surface area contributed by atoms with E-state index in [0.29, 0.717) is 30.6 Å². The predicted octanol–water partition coefficient (Wildman–Crippen LogP) is 6.30. The molecule has 0 aliphatic carbocycles. The van der Waals surface area contributed by atoms with Crippen molar-refractivity contribution in [2.24, 2.45) is 0 Å². The number of fused-ring (bicyclic) bond motifs is 4. The van der Waals surface area contributed by atoms with Crippen molar-refractivity contribution in [1.29, 1.82) is 0 Å². The van der Waals surface area contributed by atoms with E-state index in [4.69, 9.17) is 14.2 Å². The molecule has 0 saturated heterocycles. The maximum atomic E-state index is 13.2. The number of rotatable bonds is 4. The van der Waals surface area contributed by atoms with Gasteiger partial charge in [0.05, 0.1) is 17.6 Å². The van der Waals surface area contributed by atoms with E-state index >= 15 is 0 Å². The van der Waals surface area contributed by atoms with Gasteiger partial charge in [0.1, 0.15) is 34.6 Å². The first-order valence-corrected chi connectivity index (χ1v) is 12.9. The first-order valence-electron chi connectivity index (χ1n) is 12.9. The summed E-state index contributed by atoms with van der Waals surface area (Å²) < 4.78 is 19.2. The number of benzene rings is 2. The summed E-state index contributed by atoms with van der Waals surface area (Å²) in [5.74, 6) is 2.55. The van der Waals surface area contributed by atoms with Crippen LogP contribution in [0.1, 0.15) is 106 Å². The topological polar surface area (TPSA) is 65.0 Å². The number of hydrogen-bond donors (Lipinski definition) is 1. The van der Waals surface area contributed by atoms with Crippen LogP contribution in [0.4, 0.5) is 0 Å². The Balaban J connectivity index is 1.52. The molecule has 0 saturated carbocycles. The van der Waals surface area contributed by atoms with E-state index in [2.05, 4.69) is 39.8 Å². The molecule has 5 heteroatoms. The Bertz CT molecular complexity index is 1170. The Hall–Kier alpha value is -2.53. The van der Waals surface area contributed by atoms with Crippen molar-refractivity contribution in [2.75, 3.05) is 0 Å². The van der Waals surface area contributed by atoms with Crippen LogP contribution in [0.15, 0.2) is 24.3 Å². The fourth-order valence-electron chi connectivity index (χ4n) is 5.39. The third-order valence-corrected chi connectivity index (χ3v) is 7.53. The first kappa shape index (κ1) is 24.2. The summed E-state index contributed by atoms with van der Waals surface area (Å²) in [6.45, 7) is 12.1. The molecule has 5 nitrogen and oxygen atoms in total. The number of Topliss-reactive ketones (excluding diaryl/α,β-unsaturated/α-hetero) is 1. The molecular formula is C30H38O5. The van der Waals surface area contributed by atoms with Crippen molar-refractivity contribution in [2.45, 2.75) is 109 Å². The molecule has 0 unspecified atom stereocenters. The molecule has 0 aromatic heterocycles. The summed E-state index contributed by atoms with van der Waals surface area (Å²) in [6, 6.07) is 8.06. The molecule has 0 bridgehead atoms. The number of aliphatic hydroxyl groups is 1. The molecule has 0 radical (unpaired) electrons. The standard InChI is InChI=1S/C30H38O5/c1-28(2,32)12-9-18-15-20(16-19-10-13-30(5,6)35-26(18)19)25-17-23(31)21-7-8-24-22(27(21)33-25)11-14-29(3,4)34-24/h7-8,15-16,25,32H,9-14,17H2,1-6H3/t25-/m0/s1. The molecule has 1 N–H and O–H groups in total. The molecule has 2 aromatic carbocycles. The van der Waals surface area contributed by atoms with Crippen LogP contribution in [0.25, 0.3) is 0 Å². The zero-order valence-corrected chi connectivity index (χ0v) is 21.9. The lowest BCUT2D eigenvalue weighted by Gasteiger charge is -2.37. The largest absolute Gasteiger partial charge is 0.487 e. The van der Waals surface area contributed by atoms with Gasteiger partial charge in [-0.15, -0.1) is 0 Å². The van der Waals surface area contributed by atoms with Gasteiger partial charge in [0, 0.05) is 5.56 Å². The highest BCUT2D eigenvalue weighted by Gasteiger charge is 2.36. The highest BCUT2D eigenvalue weighted by molar-refractivity contribution is 6.00. The van der Waals surface area contributed by atoms with Crippen LogP contribution >= 0.6 is 0 Å².